The maximum Gasteiger partial charge on any atom is 0.223 e. The Morgan fingerprint density at radius 2 is 1.68 bits per heavy atom. The number of aryl methyl sites for hydroxylation is 5. The second kappa shape index (κ2) is 8.88. The highest BCUT2D eigenvalue weighted by Crippen LogP contribution is 2.19. The van der Waals surface area contributed by atoms with Crippen molar-refractivity contribution in [1.29, 1.82) is 0 Å². The zero-order valence-electron chi connectivity index (χ0n) is 18.8. The van der Waals surface area contributed by atoms with Gasteiger partial charge < -0.3 is 9.80 Å². The molecule has 0 N–H and O–H groups in total. The number of aromatic nitrogens is 4. The number of hydrogen-bond acceptors (Lipinski definition) is 5. The Morgan fingerprint density at radius 3 is 2.35 bits per heavy atom. The van der Waals surface area contributed by atoms with Gasteiger partial charge in [0, 0.05) is 44.4 Å². The van der Waals surface area contributed by atoms with E-state index >= 15 is 0 Å². The van der Waals surface area contributed by atoms with E-state index in [-0.39, 0.29) is 5.91 Å². The van der Waals surface area contributed by atoms with Gasteiger partial charge in [-0.1, -0.05) is 29.8 Å². The summed E-state index contributed by atoms with van der Waals surface area (Å²) in [7, 11) is 0. The Kier molecular flexibility index (Phi) is 6.02. The van der Waals surface area contributed by atoms with Gasteiger partial charge in [-0.3, -0.25) is 4.79 Å². The summed E-state index contributed by atoms with van der Waals surface area (Å²) in [6.45, 7) is 11.0. The summed E-state index contributed by atoms with van der Waals surface area (Å²) >= 11 is 0. The van der Waals surface area contributed by atoms with Crippen molar-refractivity contribution < 1.29 is 4.79 Å². The molecule has 0 radical (unpaired) electrons. The molecule has 4 rings (SSSR count). The van der Waals surface area contributed by atoms with Gasteiger partial charge in [0.05, 0.1) is 5.69 Å². The van der Waals surface area contributed by atoms with Gasteiger partial charge in [-0.15, -0.1) is 0 Å². The molecule has 1 aliphatic rings. The van der Waals surface area contributed by atoms with E-state index in [0.29, 0.717) is 19.5 Å². The minimum absolute atomic E-state index is 0.225. The van der Waals surface area contributed by atoms with E-state index in [0.717, 1.165) is 48.4 Å². The molecule has 2 aromatic heterocycles. The van der Waals surface area contributed by atoms with Crippen LogP contribution in [0.15, 0.2) is 36.4 Å². The lowest BCUT2D eigenvalue weighted by Crippen LogP contribution is -2.49. The van der Waals surface area contributed by atoms with E-state index < -0.39 is 0 Å². The fourth-order valence-corrected chi connectivity index (χ4v) is 4.13. The van der Waals surface area contributed by atoms with Gasteiger partial charge in [0.1, 0.15) is 11.6 Å². The number of anilines is 1. The topological polar surface area (TPSA) is 67.2 Å². The molecule has 7 heteroatoms. The molecule has 0 atom stereocenters. The summed E-state index contributed by atoms with van der Waals surface area (Å²) in [5.74, 6) is 2.62. The van der Waals surface area contributed by atoms with E-state index in [2.05, 4.69) is 51.2 Å². The number of carbonyl (C=O) groups excluding carboxylic acids is 1. The molecule has 1 aromatic carbocycles. The highest BCUT2D eigenvalue weighted by molar-refractivity contribution is 5.76. The van der Waals surface area contributed by atoms with Crippen LogP contribution in [0, 0.1) is 27.7 Å². The van der Waals surface area contributed by atoms with Crippen molar-refractivity contribution in [3.63, 3.8) is 0 Å². The molecule has 0 aliphatic carbocycles. The monoisotopic (exact) mass is 418 g/mol. The maximum atomic E-state index is 12.7. The summed E-state index contributed by atoms with van der Waals surface area (Å²) in [6.07, 6.45) is 1.34. The number of nitrogens with zero attached hydrogens (tertiary/aromatic N) is 6. The van der Waals surface area contributed by atoms with Crippen LogP contribution in [-0.4, -0.2) is 56.7 Å². The first kappa shape index (κ1) is 21.0. The van der Waals surface area contributed by atoms with Crippen molar-refractivity contribution in [1.82, 2.24) is 24.6 Å². The van der Waals surface area contributed by atoms with Crippen molar-refractivity contribution in [3.8, 4) is 5.82 Å². The van der Waals surface area contributed by atoms with Gasteiger partial charge in [-0.2, -0.15) is 5.10 Å². The highest BCUT2D eigenvalue weighted by Gasteiger charge is 2.22. The molecule has 3 aromatic rings. The van der Waals surface area contributed by atoms with E-state index in [1.165, 1.54) is 11.1 Å². The molecular formula is C24H30N6O. The molecule has 1 fully saturated rings. The SMILES string of the molecule is Cc1cccc(CCC(=O)N2CCN(c3cc(-n4nc(C)cc4C)nc(C)n3)CC2)c1. The smallest absolute Gasteiger partial charge is 0.223 e. The van der Waals surface area contributed by atoms with Gasteiger partial charge in [0.15, 0.2) is 5.82 Å². The van der Waals surface area contributed by atoms with Crippen LogP contribution < -0.4 is 4.90 Å². The van der Waals surface area contributed by atoms with Gasteiger partial charge in [0.2, 0.25) is 5.91 Å². The largest absolute Gasteiger partial charge is 0.353 e. The van der Waals surface area contributed by atoms with Crippen molar-refractivity contribution >= 4 is 11.7 Å². The second-order valence-corrected chi connectivity index (χ2v) is 8.33. The first-order valence-electron chi connectivity index (χ1n) is 10.9. The standard InChI is InChI=1S/C24H30N6O/c1-17-6-5-7-21(14-17)8-9-24(31)29-12-10-28(11-13-29)22-16-23(26-20(4)25-22)30-19(3)15-18(2)27-30/h5-7,14-16H,8-13H2,1-4H3. The first-order chi connectivity index (χ1) is 14.9. The highest BCUT2D eigenvalue weighted by atomic mass is 16.2. The fraction of sp³-hybridized carbons (Fsp3) is 0.417. The molecule has 3 heterocycles. The molecule has 0 spiro atoms. The van der Waals surface area contributed by atoms with E-state index in [1.807, 2.05) is 42.5 Å². The number of benzene rings is 1. The van der Waals surface area contributed by atoms with Crippen LogP contribution in [0.5, 0.6) is 0 Å². The van der Waals surface area contributed by atoms with Crippen LogP contribution in [0.1, 0.15) is 34.8 Å². The molecule has 162 valence electrons. The van der Waals surface area contributed by atoms with E-state index in [4.69, 9.17) is 0 Å². The molecular weight excluding hydrogens is 388 g/mol. The van der Waals surface area contributed by atoms with Gasteiger partial charge in [-0.25, -0.2) is 14.6 Å². The number of carbonyl (C=O) groups is 1. The third kappa shape index (κ3) is 4.93. The molecule has 0 saturated carbocycles. The third-order valence-corrected chi connectivity index (χ3v) is 5.70. The van der Waals surface area contributed by atoms with Crippen LogP contribution in [0.4, 0.5) is 5.82 Å². The van der Waals surface area contributed by atoms with E-state index in [1.54, 1.807) is 0 Å². The molecule has 31 heavy (non-hydrogen) atoms. The predicted molar refractivity (Wildman–Crippen MR) is 122 cm³/mol. The van der Waals surface area contributed by atoms with Crippen LogP contribution in [-0.2, 0) is 11.2 Å². The minimum Gasteiger partial charge on any atom is -0.353 e. The number of amides is 1. The average Bonchev–Trinajstić information content (AvgIpc) is 3.10. The zero-order valence-corrected chi connectivity index (χ0v) is 18.8. The Hall–Kier alpha value is -3.22. The summed E-state index contributed by atoms with van der Waals surface area (Å²) in [5, 5.41) is 4.55. The lowest BCUT2D eigenvalue weighted by molar-refractivity contribution is -0.131. The zero-order chi connectivity index (χ0) is 22.0. The minimum atomic E-state index is 0.225. The summed E-state index contributed by atoms with van der Waals surface area (Å²) in [4.78, 5) is 26.1. The number of rotatable bonds is 5. The van der Waals surface area contributed by atoms with Crippen molar-refractivity contribution in [3.05, 3.63) is 64.7 Å². The second-order valence-electron chi connectivity index (χ2n) is 8.33. The van der Waals surface area contributed by atoms with Crippen LogP contribution in [0.25, 0.3) is 5.82 Å². The average molecular weight is 419 g/mol. The Balaban J connectivity index is 1.38. The molecule has 1 saturated heterocycles. The van der Waals surface area contributed by atoms with Crippen LogP contribution in [0.2, 0.25) is 0 Å². The maximum absolute atomic E-state index is 12.7. The molecule has 0 bridgehead atoms. The summed E-state index contributed by atoms with van der Waals surface area (Å²) < 4.78 is 1.86. The summed E-state index contributed by atoms with van der Waals surface area (Å²) in [5.41, 5.74) is 4.47. The Bertz CT molecular complexity index is 1080. The van der Waals surface area contributed by atoms with Crippen molar-refractivity contribution in [2.75, 3.05) is 31.1 Å². The molecule has 0 unspecified atom stereocenters. The Labute approximate surface area is 183 Å². The summed E-state index contributed by atoms with van der Waals surface area (Å²) in [6, 6.07) is 12.4. The van der Waals surface area contributed by atoms with Crippen LogP contribution in [0.3, 0.4) is 0 Å². The first-order valence-corrected chi connectivity index (χ1v) is 10.9. The van der Waals surface area contributed by atoms with Gasteiger partial charge in [-0.05, 0) is 45.7 Å². The third-order valence-electron chi connectivity index (χ3n) is 5.70. The molecule has 1 aliphatic heterocycles. The predicted octanol–water partition coefficient (Wildman–Crippen LogP) is 3.18. The van der Waals surface area contributed by atoms with Crippen LogP contribution >= 0.6 is 0 Å². The quantitative estimate of drug-likeness (QED) is 0.637. The van der Waals surface area contributed by atoms with Crippen molar-refractivity contribution in [2.45, 2.75) is 40.5 Å². The fourth-order valence-electron chi connectivity index (χ4n) is 4.13. The molecule has 1 amide bonds. The lowest BCUT2D eigenvalue weighted by Gasteiger charge is -2.35. The van der Waals surface area contributed by atoms with Crippen molar-refractivity contribution in [2.24, 2.45) is 0 Å². The number of hydrogen-bond donors (Lipinski definition) is 0. The van der Waals surface area contributed by atoms with Gasteiger partial charge >= 0.3 is 0 Å². The Morgan fingerprint density at radius 1 is 0.935 bits per heavy atom. The molecule has 7 nitrogen and oxygen atoms in total. The normalized spacial score (nSPS) is 14.2. The number of piperazine rings is 1. The van der Waals surface area contributed by atoms with E-state index in [9.17, 15) is 4.79 Å². The van der Waals surface area contributed by atoms with Gasteiger partial charge in [0.25, 0.3) is 0 Å². The lowest BCUT2D eigenvalue weighted by atomic mass is 10.1.